The third kappa shape index (κ3) is 1.94. The van der Waals surface area contributed by atoms with Crippen LogP contribution in [0.25, 0.3) is 0 Å². The van der Waals surface area contributed by atoms with Gasteiger partial charge in [0, 0.05) is 14.1 Å². The third-order valence-electron chi connectivity index (χ3n) is 1.48. The van der Waals surface area contributed by atoms with E-state index >= 15 is 0 Å². The fourth-order valence-electron chi connectivity index (χ4n) is 0.725. The van der Waals surface area contributed by atoms with Gasteiger partial charge in [0.25, 0.3) is 0 Å². The number of aromatic nitrogens is 3. The molecule has 0 aromatic carbocycles. The first-order valence-electron chi connectivity index (χ1n) is 3.34. The quantitative estimate of drug-likeness (QED) is 0.505. The van der Waals surface area contributed by atoms with Crippen LogP contribution in [0.4, 0.5) is 4.79 Å². The highest BCUT2D eigenvalue weighted by Crippen LogP contribution is 2.00. The fourth-order valence-corrected chi connectivity index (χ4v) is 0.784. The largest absolute Gasteiger partial charge is 0.325 e. The molecule has 0 fully saturated rings. The van der Waals surface area contributed by atoms with Gasteiger partial charge in [0.05, 0.1) is 6.54 Å². The Morgan fingerprint density at radius 3 is 2.92 bits per heavy atom. The third-order valence-corrected chi connectivity index (χ3v) is 1.77. The van der Waals surface area contributed by atoms with Gasteiger partial charge in [-0.15, -0.1) is 10.2 Å². The van der Waals surface area contributed by atoms with Crippen LogP contribution in [0, 0.1) is 0 Å². The maximum Gasteiger partial charge on any atom is 0.316 e. The van der Waals surface area contributed by atoms with E-state index in [4.69, 9.17) is 11.6 Å². The van der Waals surface area contributed by atoms with Crippen LogP contribution in [0.5, 0.6) is 0 Å². The van der Waals surface area contributed by atoms with Crippen molar-refractivity contribution in [2.45, 2.75) is 6.54 Å². The molecule has 1 heterocycles. The second-order valence-electron chi connectivity index (χ2n) is 2.47. The Labute approximate surface area is 74.9 Å². The van der Waals surface area contributed by atoms with Gasteiger partial charge in [-0.3, -0.25) is 4.79 Å². The molecule has 0 aliphatic heterocycles. The smallest absolute Gasteiger partial charge is 0.316 e. The second kappa shape index (κ2) is 3.53. The van der Waals surface area contributed by atoms with E-state index in [0.717, 1.165) is 0 Å². The molecular weight excluding hydrogens is 180 g/mol. The van der Waals surface area contributed by atoms with Gasteiger partial charge < -0.3 is 9.47 Å². The lowest BCUT2D eigenvalue weighted by Gasteiger charge is -2.11. The number of carbonyl (C=O) groups is 1. The Hall–Kier alpha value is -1.10. The molecule has 0 aliphatic carbocycles. The molecule has 0 radical (unpaired) electrons. The predicted molar refractivity (Wildman–Crippen MR) is 43.7 cm³/mol. The predicted octanol–water partition coefficient (Wildman–Crippen LogP) is 0.606. The van der Waals surface area contributed by atoms with Crippen molar-refractivity contribution in [2.75, 3.05) is 7.05 Å². The molecule has 5 nitrogen and oxygen atoms in total. The molecule has 6 heteroatoms. The van der Waals surface area contributed by atoms with Crippen molar-refractivity contribution >= 4 is 17.0 Å². The van der Waals surface area contributed by atoms with E-state index in [0.29, 0.717) is 12.4 Å². The number of hydrogen-bond acceptors (Lipinski definition) is 3. The summed E-state index contributed by atoms with van der Waals surface area (Å²) in [5.74, 6) is 0.700. The highest BCUT2D eigenvalue weighted by Gasteiger charge is 2.08. The number of nitrogens with zero attached hydrogens (tertiary/aromatic N) is 4. The Balaban J connectivity index is 2.64. The van der Waals surface area contributed by atoms with Crippen molar-refractivity contribution in [1.82, 2.24) is 19.7 Å². The molecule has 1 aromatic rings. The van der Waals surface area contributed by atoms with Crippen LogP contribution >= 0.6 is 11.6 Å². The molecule has 1 aromatic heterocycles. The lowest BCUT2D eigenvalue weighted by Crippen LogP contribution is -2.22. The van der Waals surface area contributed by atoms with E-state index in [9.17, 15) is 4.79 Å². The van der Waals surface area contributed by atoms with Gasteiger partial charge in [-0.1, -0.05) is 0 Å². The maximum absolute atomic E-state index is 10.6. The molecule has 0 aliphatic rings. The standard InChI is InChI=1S/C6H9ClN4O/c1-10(6(7)12)3-5-9-8-4-11(5)2/h4H,3H2,1-2H3. The molecule has 0 unspecified atom stereocenters. The molecule has 66 valence electrons. The van der Waals surface area contributed by atoms with Gasteiger partial charge in [-0.25, -0.2) is 0 Å². The number of amides is 1. The molecule has 12 heavy (non-hydrogen) atoms. The Morgan fingerprint density at radius 1 is 1.83 bits per heavy atom. The van der Waals surface area contributed by atoms with Crippen molar-refractivity contribution in [2.24, 2.45) is 7.05 Å². The Kier molecular flexibility index (Phi) is 2.65. The highest BCUT2D eigenvalue weighted by atomic mass is 35.5. The summed E-state index contributed by atoms with van der Waals surface area (Å²) < 4.78 is 1.73. The highest BCUT2D eigenvalue weighted by molar-refractivity contribution is 6.62. The van der Waals surface area contributed by atoms with Crippen LogP contribution < -0.4 is 0 Å². The molecule has 1 amide bonds. The van der Waals surface area contributed by atoms with Gasteiger partial charge in [0.15, 0.2) is 5.82 Å². The second-order valence-corrected chi connectivity index (χ2v) is 2.79. The van der Waals surface area contributed by atoms with Crippen molar-refractivity contribution in [1.29, 1.82) is 0 Å². The first kappa shape index (κ1) is 8.99. The van der Waals surface area contributed by atoms with E-state index in [1.165, 1.54) is 4.90 Å². The van der Waals surface area contributed by atoms with Gasteiger partial charge in [0.2, 0.25) is 0 Å². The molecule has 0 spiro atoms. The van der Waals surface area contributed by atoms with E-state index in [1.807, 2.05) is 7.05 Å². The molecule has 0 bridgehead atoms. The summed E-state index contributed by atoms with van der Waals surface area (Å²) in [6.45, 7) is 0.374. The number of carbonyl (C=O) groups excluding carboxylic acids is 1. The zero-order chi connectivity index (χ0) is 9.14. The fraction of sp³-hybridized carbons (Fsp3) is 0.500. The number of rotatable bonds is 2. The average molecular weight is 189 g/mol. The van der Waals surface area contributed by atoms with Crippen LogP contribution in [0.3, 0.4) is 0 Å². The molecule has 0 saturated heterocycles. The summed E-state index contributed by atoms with van der Waals surface area (Å²) >= 11 is 5.23. The summed E-state index contributed by atoms with van der Waals surface area (Å²) in [4.78, 5) is 12.0. The van der Waals surface area contributed by atoms with Crippen molar-refractivity contribution in [3.8, 4) is 0 Å². The minimum atomic E-state index is -0.502. The maximum atomic E-state index is 10.6. The minimum Gasteiger partial charge on any atom is -0.325 e. The van der Waals surface area contributed by atoms with Gasteiger partial charge in [-0.05, 0) is 11.6 Å². The normalized spacial score (nSPS) is 9.92. The van der Waals surface area contributed by atoms with Crippen LogP contribution in [0.2, 0.25) is 0 Å². The number of hydrogen-bond donors (Lipinski definition) is 0. The summed E-state index contributed by atoms with van der Waals surface area (Å²) in [5, 5.41) is 6.96. The molecule has 0 N–H and O–H groups in total. The van der Waals surface area contributed by atoms with Crippen LogP contribution in [-0.4, -0.2) is 32.1 Å². The van der Waals surface area contributed by atoms with Crippen molar-refractivity contribution in [3.05, 3.63) is 12.2 Å². The molecule has 0 saturated carbocycles. The average Bonchev–Trinajstić information content (AvgIpc) is 2.36. The van der Waals surface area contributed by atoms with E-state index in [1.54, 1.807) is 17.9 Å². The minimum absolute atomic E-state index is 0.374. The zero-order valence-corrected chi connectivity index (χ0v) is 7.62. The van der Waals surface area contributed by atoms with Gasteiger partial charge >= 0.3 is 5.37 Å². The van der Waals surface area contributed by atoms with E-state index in [2.05, 4.69) is 10.2 Å². The van der Waals surface area contributed by atoms with E-state index in [-0.39, 0.29) is 0 Å². The summed E-state index contributed by atoms with van der Waals surface area (Å²) in [5.41, 5.74) is 0. The molecular formula is C6H9ClN4O. The SMILES string of the molecule is CN(Cc1nncn1C)C(=O)Cl. The Bertz CT molecular complexity index is 285. The first-order chi connectivity index (χ1) is 5.61. The molecule has 0 atom stereocenters. The van der Waals surface area contributed by atoms with Crippen molar-refractivity contribution < 1.29 is 4.79 Å². The zero-order valence-electron chi connectivity index (χ0n) is 6.86. The summed E-state index contributed by atoms with van der Waals surface area (Å²) in [7, 11) is 3.41. The topological polar surface area (TPSA) is 51.0 Å². The first-order valence-corrected chi connectivity index (χ1v) is 3.72. The van der Waals surface area contributed by atoms with Gasteiger partial charge in [0.1, 0.15) is 6.33 Å². The van der Waals surface area contributed by atoms with Crippen LogP contribution in [-0.2, 0) is 13.6 Å². The van der Waals surface area contributed by atoms with Gasteiger partial charge in [-0.2, -0.15) is 0 Å². The lowest BCUT2D eigenvalue weighted by atomic mass is 10.5. The number of aryl methyl sites for hydroxylation is 1. The Morgan fingerprint density at radius 2 is 2.50 bits per heavy atom. The van der Waals surface area contributed by atoms with Crippen LogP contribution in [0.15, 0.2) is 6.33 Å². The monoisotopic (exact) mass is 188 g/mol. The van der Waals surface area contributed by atoms with E-state index < -0.39 is 5.37 Å². The van der Waals surface area contributed by atoms with Crippen LogP contribution in [0.1, 0.15) is 5.82 Å². The lowest BCUT2D eigenvalue weighted by molar-refractivity contribution is 0.229. The molecule has 1 rings (SSSR count). The summed E-state index contributed by atoms with van der Waals surface area (Å²) in [6.07, 6.45) is 1.57. The van der Waals surface area contributed by atoms with Crippen molar-refractivity contribution in [3.63, 3.8) is 0 Å². The number of halogens is 1. The summed E-state index contributed by atoms with van der Waals surface area (Å²) in [6, 6.07) is 0.